The Morgan fingerprint density at radius 1 is 0.921 bits per heavy atom. The molecule has 0 fully saturated rings. The molecule has 4 aromatic carbocycles. The van der Waals surface area contributed by atoms with Gasteiger partial charge in [-0.3, -0.25) is 15.1 Å². The summed E-state index contributed by atoms with van der Waals surface area (Å²) in [6, 6.07) is 29.3. The van der Waals surface area contributed by atoms with Crippen molar-refractivity contribution in [3.05, 3.63) is 146 Å². The van der Waals surface area contributed by atoms with Gasteiger partial charge in [-0.25, -0.2) is 4.39 Å². The van der Waals surface area contributed by atoms with E-state index in [2.05, 4.69) is 0 Å². The Labute approximate surface area is 227 Å². The molecule has 5 aromatic rings. The number of benzene rings is 4. The first kappa shape index (κ1) is 24.1. The molecule has 1 aromatic heterocycles. The van der Waals surface area contributed by atoms with Crippen molar-refractivity contribution in [1.82, 2.24) is 0 Å². The highest BCUT2D eigenvalue weighted by Gasteiger charge is 2.41. The molecule has 186 valence electrons. The van der Waals surface area contributed by atoms with E-state index >= 15 is 4.39 Å². The van der Waals surface area contributed by atoms with Crippen LogP contribution in [-0.4, -0.2) is 10.9 Å². The second-order valence-corrected chi connectivity index (χ2v) is 10.4. The summed E-state index contributed by atoms with van der Waals surface area (Å²) in [5, 5.41) is 22.4. The molecule has 6 rings (SSSR count). The van der Waals surface area contributed by atoms with Crippen LogP contribution in [0.15, 0.2) is 113 Å². The Bertz CT molecular complexity index is 1800. The van der Waals surface area contributed by atoms with Crippen LogP contribution in [0.4, 0.5) is 15.1 Å². The van der Waals surface area contributed by atoms with E-state index in [1.165, 1.54) is 17.4 Å². The molecule has 0 spiro atoms. The van der Waals surface area contributed by atoms with Crippen LogP contribution in [0.1, 0.15) is 22.6 Å². The van der Waals surface area contributed by atoms with E-state index in [0.29, 0.717) is 36.9 Å². The molecular formula is C31H20ClFN2O2S. The maximum Gasteiger partial charge on any atom is 0.194 e. The molecule has 0 radical (unpaired) electrons. The molecule has 0 unspecified atom stereocenters. The van der Waals surface area contributed by atoms with E-state index < -0.39 is 11.7 Å². The first-order valence-electron chi connectivity index (χ1n) is 11.9. The Kier molecular flexibility index (Phi) is 6.06. The number of fused-ring (bicyclic) bond motifs is 2. The van der Waals surface area contributed by atoms with Gasteiger partial charge in [0.15, 0.2) is 5.43 Å². The maximum atomic E-state index is 15.4. The number of anilines is 2. The van der Waals surface area contributed by atoms with Crippen molar-refractivity contribution in [3.63, 3.8) is 0 Å². The van der Waals surface area contributed by atoms with Gasteiger partial charge in [0, 0.05) is 43.1 Å². The minimum Gasteiger partial charge on any atom is -0.507 e. The number of para-hydroxylation sites is 1. The highest BCUT2D eigenvalue weighted by atomic mass is 35.5. The van der Waals surface area contributed by atoms with Gasteiger partial charge in [-0.15, -0.1) is 11.3 Å². The summed E-state index contributed by atoms with van der Waals surface area (Å²) in [7, 11) is 0. The third kappa shape index (κ3) is 3.90. The number of hydrogen-bond donors (Lipinski definition) is 2. The van der Waals surface area contributed by atoms with Crippen LogP contribution in [0.3, 0.4) is 0 Å². The van der Waals surface area contributed by atoms with Crippen molar-refractivity contribution in [2.45, 2.75) is 5.92 Å². The van der Waals surface area contributed by atoms with Crippen LogP contribution in [0.5, 0.6) is 0 Å². The summed E-state index contributed by atoms with van der Waals surface area (Å²) in [5.74, 6) is -1.77. The van der Waals surface area contributed by atoms with E-state index in [9.17, 15) is 15.3 Å². The first-order chi connectivity index (χ1) is 18.5. The third-order valence-corrected chi connectivity index (χ3v) is 8.05. The van der Waals surface area contributed by atoms with Crippen molar-refractivity contribution in [2.24, 2.45) is 0 Å². The predicted octanol–water partition coefficient (Wildman–Crippen LogP) is 8.28. The lowest BCUT2D eigenvalue weighted by Gasteiger charge is -2.37. The molecule has 38 heavy (non-hydrogen) atoms. The molecule has 0 bridgehead atoms. The van der Waals surface area contributed by atoms with Crippen molar-refractivity contribution in [1.29, 1.82) is 5.41 Å². The Balaban J connectivity index is 1.78. The van der Waals surface area contributed by atoms with Crippen molar-refractivity contribution in [3.8, 4) is 0 Å². The normalized spacial score (nSPS) is 16.4. The molecule has 0 saturated carbocycles. The summed E-state index contributed by atoms with van der Waals surface area (Å²) in [5.41, 5.74) is 1.46. The average Bonchev–Trinajstić information content (AvgIpc) is 2.93. The SMILES string of the molecule is N=C1/C(=C(/O)c2ccccc2)[C@@H](c2ccccc2F)c2c(sc3cc(Cl)ccc3c2=O)N1c1ccccc1. The molecule has 2 heterocycles. The summed E-state index contributed by atoms with van der Waals surface area (Å²) in [6.45, 7) is 0. The zero-order chi connectivity index (χ0) is 26.4. The number of aliphatic hydroxyl groups excluding tert-OH is 1. The van der Waals surface area contributed by atoms with Crippen LogP contribution in [-0.2, 0) is 0 Å². The number of amidine groups is 1. The number of aliphatic hydroxyl groups is 1. The first-order valence-corrected chi connectivity index (χ1v) is 13.1. The Hall–Kier alpha value is -4.26. The fourth-order valence-corrected chi connectivity index (χ4v) is 6.45. The number of halogens is 2. The molecule has 1 aliphatic heterocycles. The molecule has 2 N–H and O–H groups in total. The minimum absolute atomic E-state index is 0.0460. The number of hydrogen-bond acceptors (Lipinski definition) is 4. The fourth-order valence-electron chi connectivity index (χ4n) is 4.94. The van der Waals surface area contributed by atoms with Crippen LogP contribution in [0.25, 0.3) is 15.8 Å². The second-order valence-electron chi connectivity index (χ2n) is 8.89. The molecule has 0 amide bonds. The lowest BCUT2D eigenvalue weighted by Crippen LogP contribution is -2.38. The van der Waals surface area contributed by atoms with Gasteiger partial charge in [0.2, 0.25) is 0 Å². The molecule has 1 aliphatic rings. The van der Waals surface area contributed by atoms with Crippen molar-refractivity contribution in [2.75, 3.05) is 4.90 Å². The largest absolute Gasteiger partial charge is 0.507 e. The second kappa shape index (κ2) is 9.56. The molecule has 0 aliphatic carbocycles. The average molecular weight is 539 g/mol. The molecule has 7 heteroatoms. The Morgan fingerprint density at radius 2 is 1.58 bits per heavy atom. The summed E-state index contributed by atoms with van der Waals surface area (Å²) >= 11 is 7.58. The van der Waals surface area contributed by atoms with E-state index in [1.54, 1.807) is 65.6 Å². The summed E-state index contributed by atoms with van der Waals surface area (Å²) < 4.78 is 16.1. The zero-order valence-corrected chi connectivity index (χ0v) is 21.4. The lowest BCUT2D eigenvalue weighted by atomic mass is 9.79. The van der Waals surface area contributed by atoms with Crippen LogP contribution >= 0.6 is 22.9 Å². The van der Waals surface area contributed by atoms with E-state index in [4.69, 9.17) is 11.6 Å². The van der Waals surface area contributed by atoms with Gasteiger partial charge in [-0.1, -0.05) is 78.3 Å². The monoisotopic (exact) mass is 538 g/mol. The number of nitrogens with zero attached hydrogens (tertiary/aromatic N) is 1. The number of nitrogens with one attached hydrogen (secondary N) is 1. The van der Waals surface area contributed by atoms with Crippen LogP contribution in [0, 0.1) is 11.2 Å². The van der Waals surface area contributed by atoms with E-state index in [0.717, 1.165) is 0 Å². The molecular weight excluding hydrogens is 519 g/mol. The lowest BCUT2D eigenvalue weighted by molar-refractivity contribution is 0.504. The zero-order valence-electron chi connectivity index (χ0n) is 19.9. The summed E-state index contributed by atoms with van der Waals surface area (Å²) in [6.07, 6.45) is 0. The third-order valence-electron chi connectivity index (χ3n) is 6.66. The van der Waals surface area contributed by atoms with Gasteiger partial charge in [0.1, 0.15) is 22.4 Å². The highest BCUT2D eigenvalue weighted by Crippen LogP contribution is 2.50. The van der Waals surface area contributed by atoms with Gasteiger partial charge in [-0.05, 0) is 36.4 Å². The van der Waals surface area contributed by atoms with Gasteiger partial charge < -0.3 is 5.11 Å². The number of rotatable bonds is 3. The van der Waals surface area contributed by atoms with Gasteiger partial charge in [-0.2, -0.15) is 0 Å². The molecule has 0 saturated heterocycles. The van der Waals surface area contributed by atoms with Crippen LogP contribution < -0.4 is 10.3 Å². The van der Waals surface area contributed by atoms with Gasteiger partial charge in [0.05, 0.1) is 5.92 Å². The summed E-state index contributed by atoms with van der Waals surface area (Å²) in [4.78, 5) is 15.9. The standard InChI is InChI=1S/C31H20ClFN2O2S/c32-19-15-16-22-24(17-19)38-31-27(29(22)37)25(21-13-7-8-14-23(21)33)26(28(36)18-9-3-1-4-10-18)30(34)35(31)20-11-5-2-6-12-20/h1-17,25,34,36H/b28-26+,34-30?/t25-/m1/s1. The Morgan fingerprint density at radius 3 is 2.29 bits per heavy atom. The fraction of sp³-hybridized carbons (Fsp3) is 0.0323. The van der Waals surface area contributed by atoms with Crippen molar-refractivity contribution >= 4 is 55.3 Å². The predicted molar refractivity (Wildman–Crippen MR) is 154 cm³/mol. The molecule has 1 atom stereocenters. The van der Waals surface area contributed by atoms with Crippen LogP contribution in [0.2, 0.25) is 5.02 Å². The van der Waals surface area contributed by atoms with E-state index in [1.807, 2.05) is 36.4 Å². The highest BCUT2D eigenvalue weighted by molar-refractivity contribution is 7.22. The van der Waals surface area contributed by atoms with E-state index in [-0.39, 0.29) is 28.2 Å². The van der Waals surface area contributed by atoms with Gasteiger partial charge in [0.25, 0.3) is 0 Å². The van der Waals surface area contributed by atoms with Gasteiger partial charge >= 0.3 is 0 Å². The maximum absolute atomic E-state index is 15.4. The van der Waals surface area contributed by atoms with Crippen molar-refractivity contribution < 1.29 is 9.50 Å². The molecule has 4 nitrogen and oxygen atoms in total. The topological polar surface area (TPSA) is 64.4 Å². The minimum atomic E-state index is -1.01. The quantitative estimate of drug-likeness (QED) is 0.227. The smallest absolute Gasteiger partial charge is 0.194 e.